The maximum atomic E-state index is 12.8. The first-order chi connectivity index (χ1) is 22.9. The Morgan fingerprint density at radius 2 is 1.46 bits per heavy atom. The van der Waals surface area contributed by atoms with Crippen molar-refractivity contribution in [1.29, 1.82) is 0 Å². The molecule has 0 saturated heterocycles. The van der Waals surface area contributed by atoms with Crippen LogP contribution in [0, 0.1) is 0 Å². The van der Waals surface area contributed by atoms with E-state index in [-0.39, 0.29) is 40.4 Å². The van der Waals surface area contributed by atoms with Gasteiger partial charge in [-0.1, -0.05) is 24.3 Å². The Kier molecular flexibility index (Phi) is 8.20. The van der Waals surface area contributed by atoms with Crippen molar-refractivity contribution in [2.24, 2.45) is 0 Å². The predicted octanol–water partition coefficient (Wildman–Crippen LogP) is 5.85. The number of ether oxygens (including phenoxy) is 1. The van der Waals surface area contributed by atoms with E-state index in [0.29, 0.717) is 63.6 Å². The number of benzene rings is 5. The van der Waals surface area contributed by atoms with E-state index >= 15 is 0 Å². The maximum Gasteiger partial charge on any atom is 0.345 e. The van der Waals surface area contributed by atoms with Gasteiger partial charge in [-0.3, -0.25) is 0 Å². The molecule has 0 aliphatic heterocycles. The van der Waals surface area contributed by atoms with Crippen LogP contribution in [0.3, 0.4) is 0 Å². The first kappa shape index (κ1) is 31.6. The first-order valence-electron chi connectivity index (χ1n) is 14.9. The highest BCUT2D eigenvalue weighted by Gasteiger charge is 2.26. The van der Waals surface area contributed by atoms with E-state index in [4.69, 9.17) is 4.74 Å². The van der Waals surface area contributed by atoms with Crippen molar-refractivity contribution in [3.05, 3.63) is 95.1 Å². The van der Waals surface area contributed by atoms with Gasteiger partial charge in [0.2, 0.25) is 6.10 Å². The number of phenols is 7. The topological polar surface area (TPSA) is 205 Å². The molecule has 5 aromatic rings. The lowest BCUT2D eigenvalue weighted by Gasteiger charge is -2.19. The zero-order valence-electron chi connectivity index (χ0n) is 25.2. The van der Waals surface area contributed by atoms with Crippen molar-refractivity contribution in [3.63, 3.8) is 0 Å². The fraction of sp³-hybridized carbons (Fsp3) is 0.135. The molecule has 0 bridgehead atoms. The molecule has 1 aliphatic rings. The third kappa shape index (κ3) is 5.84. The lowest BCUT2D eigenvalue weighted by molar-refractivity contribution is -0.160. The van der Waals surface area contributed by atoms with Gasteiger partial charge in [-0.15, -0.1) is 0 Å². The average Bonchev–Trinajstić information content (AvgIpc) is 3.26. The molecule has 48 heavy (non-hydrogen) atoms. The molecule has 6 rings (SSSR count). The lowest BCUT2D eigenvalue weighted by Crippen LogP contribution is -2.28. The summed E-state index contributed by atoms with van der Waals surface area (Å²) < 4.78 is 5.15. The van der Waals surface area contributed by atoms with Crippen molar-refractivity contribution in [1.82, 2.24) is 0 Å². The van der Waals surface area contributed by atoms with Crippen molar-refractivity contribution >= 4 is 28.8 Å². The zero-order chi connectivity index (χ0) is 34.3. The van der Waals surface area contributed by atoms with Gasteiger partial charge >= 0.3 is 11.9 Å². The Morgan fingerprint density at radius 3 is 2.21 bits per heavy atom. The SMILES string of the molecule is O=C(C=Cc1cc(O)c(O)c2ccc(-c3cc(O)c(O)c4c3-c3cccc(O)c3CCC4)cc12)O[C@H](Cc1ccc(O)c(O)c1)C(=O)O. The molecule has 0 fully saturated rings. The van der Waals surface area contributed by atoms with Crippen LogP contribution in [-0.2, 0) is 33.6 Å². The van der Waals surface area contributed by atoms with Crippen LogP contribution >= 0.6 is 0 Å². The van der Waals surface area contributed by atoms with E-state index in [1.54, 1.807) is 30.3 Å². The number of aromatic hydroxyl groups is 7. The maximum absolute atomic E-state index is 12.8. The number of hydrogen-bond donors (Lipinski definition) is 8. The number of carbonyl (C=O) groups excluding carboxylic acids is 1. The molecule has 11 heteroatoms. The summed E-state index contributed by atoms with van der Waals surface area (Å²) in [4.78, 5) is 24.6. The Labute approximate surface area is 273 Å². The molecule has 0 spiro atoms. The van der Waals surface area contributed by atoms with Crippen LogP contribution in [0.25, 0.3) is 39.1 Å². The summed E-state index contributed by atoms with van der Waals surface area (Å²) in [5, 5.41) is 82.9. The summed E-state index contributed by atoms with van der Waals surface area (Å²) >= 11 is 0. The number of esters is 1. The molecule has 0 heterocycles. The smallest absolute Gasteiger partial charge is 0.345 e. The van der Waals surface area contributed by atoms with E-state index in [1.807, 2.05) is 6.07 Å². The minimum Gasteiger partial charge on any atom is -0.508 e. The van der Waals surface area contributed by atoms with Gasteiger partial charge in [-0.05, 0) is 107 Å². The molecular formula is C37H30O11. The molecule has 5 aromatic carbocycles. The second-order valence-corrected chi connectivity index (χ2v) is 11.5. The Hall–Kier alpha value is -6.36. The summed E-state index contributed by atoms with van der Waals surface area (Å²) in [6.07, 6.45) is 1.94. The number of carbonyl (C=O) groups is 2. The van der Waals surface area contributed by atoms with E-state index in [0.717, 1.165) is 12.1 Å². The second-order valence-electron chi connectivity index (χ2n) is 11.5. The minimum atomic E-state index is -1.62. The van der Waals surface area contributed by atoms with E-state index in [2.05, 4.69) is 0 Å². The minimum absolute atomic E-state index is 0.114. The van der Waals surface area contributed by atoms with Crippen LogP contribution in [0.1, 0.15) is 28.7 Å². The Bertz CT molecular complexity index is 2150. The quantitative estimate of drug-likeness (QED) is 0.0595. The van der Waals surface area contributed by atoms with Crippen LogP contribution in [0.5, 0.6) is 40.2 Å². The predicted molar refractivity (Wildman–Crippen MR) is 175 cm³/mol. The third-order valence-corrected chi connectivity index (χ3v) is 8.48. The highest BCUT2D eigenvalue weighted by atomic mass is 16.6. The van der Waals surface area contributed by atoms with Crippen LogP contribution in [0.15, 0.2) is 72.8 Å². The number of phenolic OH excluding ortho intramolecular Hbond substituents is 7. The Morgan fingerprint density at radius 1 is 0.708 bits per heavy atom. The summed E-state index contributed by atoms with van der Waals surface area (Å²) in [7, 11) is 0. The number of fused-ring (bicyclic) bond motifs is 4. The van der Waals surface area contributed by atoms with Gasteiger partial charge in [-0.25, -0.2) is 9.59 Å². The number of hydrogen-bond acceptors (Lipinski definition) is 10. The van der Waals surface area contributed by atoms with Crippen LogP contribution in [0.4, 0.5) is 0 Å². The van der Waals surface area contributed by atoms with Gasteiger partial charge in [-0.2, -0.15) is 0 Å². The summed E-state index contributed by atoms with van der Waals surface area (Å²) in [6.45, 7) is 0. The van der Waals surface area contributed by atoms with Gasteiger partial charge in [0, 0.05) is 29.0 Å². The van der Waals surface area contributed by atoms with E-state index in [1.165, 1.54) is 30.3 Å². The molecule has 0 amide bonds. The van der Waals surface area contributed by atoms with Crippen molar-refractivity contribution in [2.45, 2.75) is 31.8 Å². The highest BCUT2D eigenvalue weighted by Crippen LogP contribution is 2.49. The lowest BCUT2D eigenvalue weighted by atomic mass is 9.86. The molecule has 8 N–H and O–H groups in total. The molecule has 11 nitrogen and oxygen atoms in total. The summed E-state index contributed by atoms with van der Waals surface area (Å²) in [5.74, 6) is -4.66. The van der Waals surface area contributed by atoms with Crippen molar-refractivity contribution in [3.8, 4) is 62.5 Å². The molecule has 0 aromatic heterocycles. The normalized spacial score (nSPS) is 13.1. The van der Waals surface area contributed by atoms with Gasteiger partial charge in [0.1, 0.15) is 5.75 Å². The molecule has 1 aliphatic carbocycles. The number of rotatable bonds is 7. The van der Waals surface area contributed by atoms with Crippen LogP contribution in [0.2, 0.25) is 0 Å². The molecule has 0 radical (unpaired) electrons. The second kappa shape index (κ2) is 12.4. The number of carboxylic acids is 1. The van der Waals surface area contributed by atoms with Gasteiger partial charge in [0.05, 0.1) is 0 Å². The first-order valence-corrected chi connectivity index (χ1v) is 14.9. The van der Waals surface area contributed by atoms with Crippen molar-refractivity contribution < 1.29 is 55.2 Å². The fourth-order valence-electron chi connectivity index (χ4n) is 6.16. The zero-order valence-corrected chi connectivity index (χ0v) is 25.2. The van der Waals surface area contributed by atoms with Crippen molar-refractivity contribution in [2.75, 3.05) is 0 Å². The molecule has 0 saturated carbocycles. The number of aliphatic carboxylic acids is 1. The molecular weight excluding hydrogens is 620 g/mol. The van der Waals surface area contributed by atoms with E-state index < -0.39 is 35.3 Å². The summed E-state index contributed by atoms with van der Waals surface area (Å²) in [5.41, 5.74) is 4.18. The molecule has 244 valence electrons. The average molecular weight is 651 g/mol. The number of carboxylic acid groups (broad SMARTS) is 1. The van der Waals surface area contributed by atoms with Gasteiger partial charge < -0.3 is 45.6 Å². The Balaban J connectivity index is 1.40. The van der Waals surface area contributed by atoms with Gasteiger partial charge in [0.15, 0.2) is 34.5 Å². The fourth-order valence-corrected chi connectivity index (χ4v) is 6.16. The monoisotopic (exact) mass is 650 g/mol. The standard InChI is InChI=1S/C37H30O11/c38-27-6-2-4-22-21(27)3-1-5-24-34(22)26(17-31(42)36(24)45)19-8-10-23-25(15-19)20(16-30(41)35(23)44)9-12-33(43)48-32(37(46)47)14-18-7-11-28(39)29(40)13-18/h2,4,6-13,15-17,32,38-42,44-45H,1,3,5,14H2,(H,46,47)/t32-/m1/s1. The highest BCUT2D eigenvalue weighted by molar-refractivity contribution is 6.02. The molecule has 1 atom stereocenters. The third-order valence-electron chi connectivity index (χ3n) is 8.48. The molecule has 0 unspecified atom stereocenters. The largest absolute Gasteiger partial charge is 0.508 e. The van der Waals surface area contributed by atoms with Gasteiger partial charge in [0.25, 0.3) is 0 Å². The summed E-state index contributed by atoms with van der Waals surface area (Å²) in [6, 6.07) is 16.4. The van der Waals surface area contributed by atoms with Crippen LogP contribution < -0.4 is 0 Å². The van der Waals surface area contributed by atoms with E-state index in [9.17, 15) is 50.4 Å². The van der Waals surface area contributed by atoms with Crippen LogP contribution in [-0.4, -0.2) is 58.9 Å².